The van der Waals surface area contributed by atoms with Crippen LogP contribution in [0.1, 0.15) is 23.3 Å². The van der Waals surface area contributed by atoms with Gasteiger partial charge in [-0.25, -0.2) is 0 Å². The van der Waals surface area contributed by atoms with Crippen LogP contribution in [0.3, 0.4) is 0 Å². The van der Waals surface area contributed by atoms with Gasteiger partial charge in [0.2, 0.25) is 0 Å². The zero-order valence-corrected chi connectivity index (χ0v) is 15.8. The van der Waals surface area contributed by atoms with E-state index < -0.39 is 20.3 Å². The van der Waals surface area contributed by atoms with E-state index in [2.05, 4.69) is 19.6 Å². The molecule has 24 heavy (non-hydrogen) atoms. The van der Waals surface area contributed by atoms with Crippen LogP contribution in [0, 0.1) is 0 Å². The Bertz CT molecular complexity index is 581. The smallest absolute Gasteiger partial charge is 0.147 e. The van der Waals surface area contributed by atoms with Gasteiger partial charge < -0.3 is 14.6 Å². The van der Waals surface area contributed by atoms with Crippen molar-refractivity contribution in [1.29, 1.82) is 0 Å². The van der Waals surface area contributed by atoms with E-state index in [0.29, 0.717) is 6.61 Å². The predicted octanol–water partition coefficient (Wildman–Crippen LogP) is 4.79. The minimum absolute atomic E-state index is 0.188. The molecule has 0 aliphatic heterocycles. The molecule has 0 bridgehead atoms. The Hall–Kier alpha value is -1.46. The molecule has 0 saturated heterocycles. The number of aliphatic hydroxyl groups is 1. The van der Waals surface area contributed by atoms with E-state index in [1.165, 1.54) is 0 Å². The van der Waals surface area contributed by atoms with Crippen molar-refractivity contribution in [2.75, 3.05) is 13.4 Å². The molecule has 2 aromatic carbocycles. The molecule has 2 atom stereocenters. The van der Waals surface area contributed by atoms with E-state index in [9.17, 15) is 5.11 Å². The highest BCUT2D eigenvalue weighted by Crippen LogP contribution is 2.31. The maximum atomic E-state index is 10.7. The first-order chi connectivity index (χ1) is 11.5. The molecule has 0 radical (unpaired) electrons. The summed E-state index contributed by atoms with van der Waals surface area (Å²) in [6.45, 7) is 7.86. The summed E-state index contributed by atoms with van der Waals surface area (Å²) in [5.41, 5.74) is 1.79. The fourth-order valence-electron chi connectivity index (χ4n) is 2.40. The summed E-state index contributed by atoms with van der Waals surface area (Å²) in [6.07, 6.45) is -1.17. The molecule has 0 fully saturated rings. The Labute approximate surface area is 146 Å². The first kappa shape index (κ1) is 18.9. The highest BCUT2D eigenvalue weighted by molar-refractivity contribution is 6.76. The molecule has 0 aliphatic carbocycles. The molecular formula is C20H28O3Si. The molecule has 0 unspecified atom stereocenters. The minimum atomic E-state index is -1.10. The zero-order chi connectivity index (χ0) is 17.4. The van der Waals surface area contributed by atoms with Gasteiger partial charge >= 0.3 is 0 Å². The maximum absolute atomic E-state index is 10.7. The molecule has 130 valence electrons. The molecule has 1 N–H and O–H groups in total. The van der Waals surface area contributed by atoms with Crippen LogP contribution in [0.5, 0.6) is 0 Å². The van der Waals surface area contributed by atoms with Gasteiger partial charge in [0, 0.05) is 14.7 Å². The average Bonchev–Trinajstić information content (AvgIpc) is 2.58. The van der Waals surface area contributed by atoms with Crippen LogP contribution in [-0.4, -0.2) is 26.6 Å². The van der Waals surface area contributed by atoms with Crippen LogP contribution in [0.4, 0.5) is 0 Å². The number of hydrogen-bond donors (Lipinski definition) is 1. The number of rotatable bonds is 9. The Kier molecular flexibility index (Phi) is 7.18. The van der Waals surface area contributed by atoms with Crippen molar-refractivity contribution in [3.05, 3.63) is 71.8 Å². The van der Waals surface area contributed by atoms with E-state index >= 15 is 0 Å². The summed E-state index contributed by atoms with van der Waals surface area (Å²) >= 11 is 0. The Morgan fingerprint density at radius 3 is 1.96 bits per heavy atom. The molecule has 0 saturated carbocycles. The summed E-state index contributed by atoms with van der Waals surface area (Å²) in [7, 11) is -1.10. The number of hydrogen-bond acceptors (Lipinski definition) is 3. The lowest BCUT2D eigenvalue weighted by molar-refractivity contribution is -0.126. The van der Waals surface area contributed by atoms with Crippen molar-refractivity contribution in [3.8, 4) is 0 Å². The molecule has 0 aliphatic rings. The summed E-state index contributed by atoms with van der Waals surface area (Å²) in [5, 5.41) is 10.7. The zero-order valence-electron chi connectivity index (χ0n) is 14.8. The molecule has 0 spiro atoms. The van der Waals surface area contributed by atoms with Crippen LogP contribution in [0.25, 0.3) is 0 Å². The van der Waals surface area contributed by atoms with Crippen molar-refractivity contribution < 1.29 is 14.6 Å². The lowest BCUT2D eigenvalue weighted by atomic mass is 9.98. The van der Waals surface area contributed by atoms with Crippen LogP contribution < -0.4 is 0 Å². The van der Waals surface area contributed by atoms with Gasteiger partial charge in [-0.2, -0.15) is 0 Å². The van der Waals surface area contributed by atoms with Gasteiger partial charge in [-0.05, 0) is 17.2 Å². The maximum Gasteiger partial charge on any atom is 0.147 e. The van der Waals surface area contributed by atoms with Crippen molar-refractivity contribution >= 4 is 8.07 Å². The van der Waals surface area contributed by atoms with Crippen molar-refractivity contribution in [1.82, 2.24) is 0 Å². The van der Waals surface area contributed by atoms with Crippen LogP contribution >= 0.6 is 0 Å². The summed E-state index contributed by atoms with van der Waals surface area (Å²) in [4.78, 5) is 0. The largest absolute Gasteiger partial charge is 0.385 e. The second-order valence-electron chi connectivity index (χ2n) is 7.19. The third kappa shape index (κ3) is 6.21. The quantitative estimate of drug-likeness (QED) is 0.404. The molecule has 3 nitrogen and oxygen atoms in total. The third-order valence-electron chi connectivity index (χ3n) is 3.88. The van der Waals surface area contributed by atoms with Gasteiger partial charge in [-0.1, -0.05) is 80.3 Å². The average molecular weight is 345 g/mol. The van der Waals surface area contributed by atoms with E-state index in [0.717, 1.165) is 17.2 Å². The molecule has 2 rings (SSSR count). The first-order valence-electron chi connectivity index (χ1n) is 8.45. The second-order valence-corrected chi connectivity index (χ2v) is 12.8. The SMILES string of the molecule is C[Si](C)(C)CCOCO[C@@H](c1ccccc1)[C@H](O)c1ccccc1. The highest BCUT2D eigenvalue weighted by Gasteiger charge is 2.23. The van der Waals surface area contributed by atoms with E-state index in [1.54, 1.807) is 0 Å². The fourth-order valence-corrected chi connectivity index (χ4v) is 3.15. The monoisotopic (exact) mass is 344 g/mol. The van der Waals surface area contributed by atoms with Crippen LogP contribution in [0.15, 0.2) is 60.7 Å². The van der Waals surface area contributed by atoms with Crippen LogP contribution in [0.2, 0.25) is 25.7 Å². The molecule has 4 heteroatoms. The molecule has 0 heterocycles. The van der Waals surface area contributed by atoms with E-state index in [-0.39, 0.29) is 6.79 Å². The van der Waals surface area contributed by atoms with Gasteiger partial charge in [0.05, 0.1) is 0 Å². The van der Waals surface area contributed by atoms with Gasteiger partial charge in [0.1, 0.15) is 19.0 Å². The minimum Gasteiger partial charge on any atom is -0.385 e. The lowest BCUT2D eigenvalue weighted by Crippen LogP contribution is -2.22. The van der Waals surface area contributed by atoms with Crippen molar-refractivity contribution in [2.24, 2.45) is 0 Å². The summed E-state index contributed by atoms with van der Waals surface area (Å²) in [6, 6.07) is 20.5. The number of ether oxygens (including phenoxy) is 2. The van der Waals surface area contributed by atoms with Crippen LogP contribution in [-0.2, 0) is 9.47 Å². The Balaban J connectivity index is 1.99. The predicted molar refractivity (Wildman–Crippen MR) is 101 cm³/mol. The molecular weight excluding hydrogens is 316 g/mol. The summed E-state index contributed by atoms with van der Waals surface area (Å²) in [5.74, 6) is 0. The standard InChI is InChI=1S/C20H28O3Si/c1-24(2,3)15-14-22-16-23-20(18-12-8-5-9-13-18)19(21)17-10-6-4-7-11-17/h4-13,19-21H,14-16H2,1-3H3/t19-,20+/m1/s1. The van der Waals surface area contributed by atoms with Crippen molar-refractivity contribution in [2.45, 2.75) is 37.9 Å². The van der Waals surface area contributed by atoms with E-state index in [4.69, 9.17) is 9.47 Å². The van der Waals surface area contributed by atoms with Crippen molar-refractivity contribution in [3.63, 3.8) is 0 Å². The number of benzene rings is 2. The van der Waals surface area contributed by atoms with Gasteiger partial charge in [-0.3, -0.25) is 0 Å². The highest BCUT2D eigenvalue weighted by atomic mass is 28.3. The molecule has 0 aromatic heterocycles. The Morgan fingerprint density at radius 2 is 1.42 bits per heavy atom. The topological polar surface area (TPSA) is 38.7 Å². The van der Waals surface area contributed by atoms with Gasteiger partial charge in [0.25, 0.3) is 0 Å². The first-order valence-corrected chi connectivity index (χ1v) is 12.2. The molecule has 2 aromatic rings. The van der Waals surface area contributed by atoms with E-state index in [1.807, 2.05) is 60.7 Å². The summed E-state index contributed by atoms with van der Waals surface area (Å²) < 4.78 is 11.6. The van der Waals surface area contributed by atoms with Gasteiger partial charge in [-0.15, -0.1) is 0 Å². The normalized spacial score (nSPS) is 14.3. The molecule has 0 amide bonds. The number of aliphatic hydroxyl groups excluding tert-OH is 1. The Morgan fingerprint density at radius 1 is 0.875 bits per heavy atom. The third-order valence-corrected chi connectivity index (χ3v) is 5.59. The lowest BCUT2D eigenvalue weighted by Gasteiger charge is -2.24. The van der Waals surface area contributed by atoms with Gasteiger partial charge in [0.15, 0.2) is 0 Å². The fraction of sp³-hybridized carbons (Fsp3) is 0.400. The second kappa shape index (κ2) is 9.13.